The topological polar surface area (TPSA) is 43.8 Å². The zero-order valence-corrected chi connectivity index (χ0v) is 12.9. The fourth-order valence-corrected chi connectivity index (χ4v) is 2.57. The standard InChI is InChI=1S/C14H16BrF2N3/c1-3-9-6-10(20(2)19-9)7-13(18)14-11(16)4-8(15)5-12(14)17/h4-6,13H,3,7,18H2,1-2H3. The van der Waals surface area contributed by atoms with Crippen molar-refractivity contribution < 1.29 is 8.78 Å². The number of aromatic nitrogens is 2. The zero-order chi connectivity index (χ0) is 14.9. The van der Waals surface area contributed by atoms with Crippen LogP contribution in [0.5, 0.6) is 0 Å². The smallest absolute Gasteiger partial charge is 0.132 e. The summed E-state index contributed by atoms with van der Waals surface area (Å²) in [6, 6.07) is 3.61. The van der Waals surface area contributed by atoms with Crippen LogP contribution in [0.3, 0.4) is 0 Å². The van der Waals surface area contributed by atoms with Gasteiger partial charge in [-0.3, -0.25) is 4.68 Å². The van der Waals surface area contributed by atoms with E-state index in [0.717, 1.165) is 17.8 Å². The normalized spacial score (nSPS) is 12.7. The Hall–Kier alpha value is -1.27. The van der Waals surface area contributed by atoms with Crippen molar-refractivity contribution in [3.63, 3.8) is 0 Å². The summed E-state index contributed by atoms with van der Waals surface area (Å²) >= 11 is 3.05. The molecule has 1 aromatic heterocycles. The van der Waals surface area contributed by atoms with Crippen LogP contribution in [0.25, 0.3) is 0 Å². The fraction of sp³-hybridized carbons (Fsp3) is 0.357. The number of rotatable bonds is 4. The Morgan fingerprint density at radius 2 is 1.90 bits per heavy atom. The lowest BCUT2D eigenvalue weighted by molar-refractivity contribution is 0.517. The Balaban J connectivity index is 2.28. The van der Waals surface area contributed by atoms with Gasteiger partial charge in [-0.15, -0.1) is 0 Å². The highest BCUT2D eigenvalue weighted by molar-refractivity contribution is 9.10. The van der Waals surface area contributed by atoms with Gasteiger partial charge in [-0.05, 0) is 24.6 Å². The van der Waals surface area contributed by atoms with Crippen molar-refractivity contribution in [2.75, 3.05) is 0 Å². The van der Waals surface area contributed by atoms with E-state index in [9.17, 15) is 8.78 Å². The predicted molar refractivity (Wildman–Crippen MR) is 77.3 cm³/mol. The van der Waals surface area contributed by atoms with Crippen LogP contribution in [0.2, 0.25) is 0 Å². The molecule has 0 aliphatic heterocycles. The van der Waals surface area contributed by atoms with Crippen LogP contribution in [-0.2, 0) is 19.9 Å². The maximum atomic E-state index is 13.9. The average Bonchev–Trinajstić information content (AvgIpc) is 2.68. The Morgan fingerprint density at radius 1 is 1.30 bits per heavy atom. The van der Waals surface area contributed by atoms with Crippen molar-refractivity contribution in [2.45, 2.75) is 25.8 Å². The molecule has 3 nitrogen and oxygen atoms in total. The summed E-state index contributed by atoms with van der Waals surface area (Å²) in [5.74, 6) is -1.27. The molecule has 1 atom stereocenters. The molecule has 1 heterocycles. The molecule has 1 aromatic carbocycles. The maximum absolute atomic E-state index is 13.9. The van der Waals surface area contributed by atoms with Crippen LogP contribution in [0.15, 0.2) is 22.7 Å². The number of halogens is 3. The van der Waals surface area contributed by atoms with Gasteiger partial charge in [-0.1, -0.05) is 22.9 Å². The molecule has 6 heteroatoms. The van der Waals surface area contributed by atoms with Gasteiger partial charge in [0.15, 0.2) is 0 Å². The van der Waals surface area contributed by atoms with Gasteiger partial charge in [0.25, 0.3) is 0 Å². The number of nitrogens with two attached hydrogens (primary N) is 1. The second-order valence-corrected chi connectivity index (χ2v) is 5.61. The molecule has 0 aliphatic carbocycles. The minimum atomic E-state index is -0.747. The third kappa shape index (κ3) is 3.07. The fourth-order valence-electron chi connectivity index (χ4n) is 2.17. The van der Waals surface area contributed by atoms with E-state index in [1.165, 1.54) is 12.1 Å². The van der Waals surface area contributed by atoms with Gasteiger partial charge >= 0.3 is 0 Å². The van der Waals surface area contributed by atoms with E-state index in [-0.39, 0.29) is 5.56 Å². The molecule has 0 aliphatic rings. The van der Waals surface area contributed by atoms with Gasteiger partial charge in [0.2, 0.25) is 0 Å². The van der Waals surface area contributed by atoms with Gasteiger partial charge in [0, 0.05) is 35.2 Å². The summed E-state index contributed by atoms with van der Waals surface area (Å²) in [5, 5.41) is 4.30. The number of benzene rings is 1. The van der Waals surface area contributed by atoms with Crippen LogP contribution < -0.4 is 5.73 Å². The monoisotopic (exact) mass is 343 g/mol. The predicted octanol–water partition coefficient (Wildman–Crippen LogP) is 3.27. The SMILES string of the molecule is CCc1cc(CC(N)c2c(F)cc(Br)cc2F)n(C)n1. The van der Waals surface area contributed by atoms with Crippen LogP contribution >= 0.6 is 15.9 Å². The molecule has 0 radical (unpaired) electrons. The van der Waals surface area contributed by atoms with Crippen LogP contribution in [0.4, 0.5) is 8.78 Å². The molecule has 1 unspecified atom stereocenters. The lowest BCUT2D eigenvalue weighted by atomic mass is 10.0. The van der Waals surface area contributed by atoms with E-state index in [4.69, 9.17) is 5.73 Å². The second-order valence-electron chi connectivity index (χ2n) is 4.70. The molecule has 0 amide bonds. The van der Waals surface area contributed by atoms with Crippen molar-refractivity contribution in [1.82, 2.24) is 9.78 Å². The third-order valence-corrected chi connectivity index (χ3v) is 3.69. The highest BCUT2D eigenvalue weighted by atomic mass is 79.9. The number of hydrogen-bond acceptors (Lipinski definition) is 2. The summed E-state index contributed by atoms with van der Waals surface area (Å²) < 4.78 is 29.8. The van der Waals surface area contributed by atoms with Gasteiger partial charge in [0.05, 0.1) is 5.69 Å². The molecular formula is C14H16BrF2N3. The highest BCUT2D eigenvalue weighted by Crippen LogP contribution is 2.26. The molecule has 0 spiro atoms. The van der Waals surface area contributed by atoms with Gasteiger partial charge in [-0.2, -0.15) is 5.10 Å². The largest absolute Gasteiger partial charge is 0.323 e. The zero-order valence-electron chi connectivity index (χ0n) is 11.3. The van der Waals surface area contributed by atoms with Gasteiger partial charge in [-0.25, -0.2) is 8.78 Å². The molecule has 0 bridgehead atoms. The molecule has 0 saturated carbocycles. The number of aryl methyl sites for hydroxylation is 2. The molecule has 0 saturated heterocycles. The number of nitrogens with zero attached hydrogens (tertiary/aromatic N) is 2. The van der Waals surface area contributed by atoms with E-state index >= 15 is 0 Å². The van der Waals surface area contributed by atoms with Crippen molar-refractivity contribution >= 4 is 15.9 Å². The lowest BCUT2D eigenvalue weighted by Crippen LogP contribution is -2.18. The molecule has 2 rings (SSSR count). The third-order valence-electron chi connectivity index (χ3n) is 3.23. The minimum absolute atomic E-state index is 0.0903. The first-order valence-electron chi connectivity index (χ1n) is 6.34. The van der Waals surface area contributed by atoms with Crippen LogP contribution in [0, 0.1) is 11.6 Å². The van der Waals surface area contributed by atoms with Crippen LogP contribution in [-0.4, -0.2) is 9.78 Å². The van der Waals surface area contributed by atoms with E-state index in [1.807, 2.05) is 13.0 Å². The quantitative estimate of drug-likeness (QED) is 0.925. The minimum Gasteiger partial charge on any atom is -0.323 e. The van der Waals surface area contributed by atoms with Gasteiger partial charge in [0.1, 0.15) is 11.6 Å². The Kier molecular flexibility index (Phi) is 4.55. The molecule has 0 fully saturated rings. The van der Waals surface area contributed by atoms with Crippen molar-refractivity contribution in [3.05, 3.63) is 51.3 Å². The molecular weight excluding hydrogens is 328 g/mol. The Bertz CT molecular complexity index is 602. The second kappa shape index (κ2) is 6.01. The summed E-state index contributed by atoms with van der Waals surface area (Å²) in [6.45, 7) is 2.00. The first-order chi connectivity index (χ1) is 9.42. The average molecular weight is 344 g/mol. The molecule has 2 aromatic rings. The number of hydrogen-bond donors (Lipinski definition) is 1. The van der Waals surface area contributed by atoms with E-state index < -0.39 is 17.7 Å². The highest BCUT2D eigenvalue weighted by Gasteiger charge is 2.19. The van der Waals surface area contributed by atoms with E-state index in [2.05, 4.69) is 21.0 Å². The summed E-state index contributed by atoms with van der Waals surface area (Å²) in [5.41, 5.74) is 7.67. The van der Waals surface area contributed by atoms with Crippen molar-refractivity contribution in [1.29, 1.82) is 0 Å². The van der Waals surface area contributed by atoms with Crippen molar-refractivity contribution in [3.8, 4) is 0 Å². The molecule has 108 valence electrons. The van der Waals surface area contributed by atoms with Crippen molar-refractivity contribution in [2.24, 2.45) is 12.8 Å². The lowest BCUT2D eigenvalue weighted by Gasteiger charge is -2.14. The summed E-state index contributed by atoms with van der Waals surface area (Å²) in [4.78, 5) is 0. The Labute approximate surface area is 124 Å². The molecule has 20 heavy (non-hydrogen) atoms. The Morgan fingerprint density at radius 3 is 2.40 bits per heavy atom. The summed E-state index contributed by atoms with van der Waals surface area (Å²) in [6.07, 6.45) is 1.14. The van der Waals surface area contributed by atoms with E-state index in [1.54, 1.807) is 11.7 Å². The van der Waals surface area contributed by atoms with E-state index in [0.29, 0.717) is 10.9 Å². The van der Waals surface area contributed by atoms with Crippen LogP contribution in [0.1, 0.15) is 29.9 Å². The maximum Gasteiger partial charge on any atom is 0.132 e. The van der Waals surface area contributed by atoms with Gasteiger partial charge < -0.3 is 5.73 Å². The molecule has 2 N–H and O–H groups in total. The summed E-state index contributed by atoms with van der Waals surface area (Å²) in [7, 11) is 1.80. The first kappa shape index (κ1) is 15.1. The first-order valence-corrected chi connectivity index (χ1v) is 7.13.